The zero-order valence-corrected chi connectivity index (χ0v) is 9.25. The summed E-state index contributed by atoms with van der Waals surface area (Å²) >= 11 is 5.56. The van der Waals surface area contributed by atoms with E-state index in [0.717, 1.165) is 6.42 Å². The summed E-state index contributed by atoms with van der Waals surface area (Å²) in [5, 5.41) is 3.85. The lowest BCUT2D eigenvalue weighted by Gasteiger charge is -2.09. The molecule has 1 aromatic heterocycles. The third-order valence-corrected chi connectivity index (χ3v) is 2.01. The molecule has 1 atom stereocenters. The number of alkyl halides is 1. The molecule has 5 heteroatoms. The Morgan fingerprint density at radius 2 is 2.29 bits per heavy atom. The van der Waals surface area contributed by atoms with Gasteiger partial charge in [0.1, 0.15) is 6.10 Å². The van der Waals surface area contributed by atoms with Gasteiger partial charge in [0.2, 0.25) is 11.7 Å². The molecule has 0 saturated heterocycles. The van der Waals surface area contributed by atoms with Crippen LogP contribution in [0.5, 0.6) is 0 Å². The van der Waals surface area contributed by atoms with Crippen LogP contribution in [-0.2, 0) is 11.2 Å². The Morgan fingerprint density at radius 3 is 2.86 bits per heavy atom. The predicted molar refractivity (Wildman–Crippen MR) is 53.4 cm³/mol. The topological polar surface area (TPSA) is 48.2 Å². The van der Waals surface area contributed by atoms with Crippen LogP contribution in [0.3, 0.4) is 0 Å². The van der Waals surface area contributed by atoms with Gasteiger partial charge in [-0.2, -0.15) is 4.98 Å². The highest BCUT2D eigenvalue weighted by Crippen LogP contribution is 2.17. The minimum atomic E-state index is -0.0622. The summed E-state index contributed by atoms with van der Waals surface area (Å²) in [5.41, 5.74) is 0. The monoisotopic (exact) mass is 218 g/mol. The summed E-state index contributed by atoms with van der Waals surface area (Å²) in [6, 6.07) is 0. The van der Waals surface area contributed by atoms with E-state index in [-0.39, 0.29) is 6.10 Å². The van der Waals surface area contributed by atoms with E-state index in [9.17, 15) is 0 Å². The van der Waals surface area contributed by atoms with E-state index in [2.05, 4.69) is 10.1 Å². The van der Waals surface area contributed by atoms with Gasteiger partial charge in [0.05, 0.1) is 0 Å². The van der Waals surface area contributed by atoms with E-state index in [4.69, 9.17) is 20.9 Å². The smallest absolute Gasteiger partial charge is 0.227 e. The number of halogens is 1. The fourth-order valence-electron chi connectivity index (χ4n) is 1.16. The van der Waals surface area contributed by atoms with Crippen LogP contribution in [0.1, 0.15) is 38.1 Å². The molecular weight excluding hydrogens is 204 g/mol. The van der Waals surface area contributed by atoms with Crippen molar-refractivity contribution >= 4 is 11.6 Å². The first-order valence-corrected chi connectivity index (χ1v) is 5.35. The first-order valence-electron chi connectivity index (χ1n) is 4.81. The van der Waals surface area contributed by atoms with Crippen LogP contribution >= 0.6 is 11.6 Å². The minimum absolute atomic E-state index is 0.0622. The Bertz CT molecular complexity index is 265. The van der Waals surface area contributed by atoms with E-state index in [1.54, 1.807) is 0 Å². The van der Waals surface area contributed by atoms with Gasteiger partial charge in [-0.25, -0.2) is 0 Å². The maximum Gasteiger partial charge on any atom is 0.227 e. The number of hydrogen-bond donors (Lipinski definition) is 0. The Balaban J connectivity index is 2.63. The van der Waals surface area contributed by atoms with Crippen molar-refractivity contribution in [3.63, 3.8) is 0 Å². The van der Waals surface area contributed by atoms with E-state index in [1.165, 1.54) is 0 Å². The standard InChI is InChI=1S/C9H15ClN2O2/c1-3-7(13-4-2)9-11-8(5-6-10)14-12-9/h7H,3-6H2,1-2H3. The van der Waals surface area contributed by atoms with Crippen LogP contribution in [-0.4, -0.2) is 22.6 Å². The van der Waals surface area contributed by atoms with Gasteiger partial charge in [0.15, 0.2) is 0 Å². The lowest BCUT2D eigenvalue weighted by atomic mass is 10.2. The second-order valence-electron chi connectivity index (χ2n) is 2.84. The summed E-state index contributed by atoms with van der Waals surface area (Å²) in [7, 11) is 0. The third kappa shape index (κ3) is 2.96. The second kappa shape index (κ2) is 5.98. The van der Waals surface area contributed by atoms with Gasteiger partial charge >= 0.3 is 0 Å². The lowest BCUT2D eigenvalue weighted by molar-refractivity contribution is 0.0518. The average Bonchev–Trinajstić information content (AvgIpc) is 2.63. The molecule has 80 valence electrons. The summed E-state index contributed by atoms with van der Waals surface area (Å²) in [6.07, 6.45) is 1.39. The molecule has 1 heterocycles. The molecule has 0 fully saturated rings. The molecule has 0 aliphatic rings. The number of rotatable bonds is 6. The van der Waals surface area contributed by atoms with Gasteiger partial charge < -0.3 is 9.26 Å². The molecule has 1 unspecified atom stereocenters. The Morgan fingerprint density at radius 1 is 1.50 bits per heavy atom. The molecule has 1 aromatic rings. The minimum Gasteiger partial charge on any atom is -0.370 e. The van der Waals surface area contributed by atoms with Crippen molar-refractivity contribution < 1.29 is 9.26 Å². The van der Waals surface area contributed by atoms with Gasteiger partial charge in [-0.3, -0.25) is 0 Å². The average molecular weight is 219 g/mol. The van der Waals surface area contributed by atoms with Crippen LogP contribution in [0.15, 0.2) is 4.52 Å². The molecule has 0 amide bonds. The fraction of sp³-hybridized carbons (Fsp3) is 0.778. The molecule has 0 bridgehead atoms. The highest BCUT2D eigenvalue weighted by Gasteiger charge is 2.16. The number of nitrogens with zero attached hydrogens (tertiary/aromatic N) is 2. The van der Waals surface area contributed by atoms with E-state index >= 15 is 0 Å². The summed E-state index contributed by atoms with van der Waals surface area (Å²) in [4.78, 5) is 4.20. The normalized spacial score (nSPS) is 13.1. The van der Waals surface area contributed by atoms with Crippen molar-refractivity contribution in [1.82, 2.24) is 10.1 Å². The van der Waals surface area contributed by atoms with Crippen molar-refractivity contribution in [1.29, 1.82) is 0 Å². The first-order chi connectivity index (χ1) is 6.81. The largest absolute Gasteiger partial charge is 0.370 e. The molecule has 0 aliphatic carbocycles. The van der Waals surface area contributed by atoms with Crippen LogP contribution in [0.25, 0.3) is 0 Å². The zero-order valence-electron chi connectivity index (χ0n) is 8.49. The molecule has 0 aliphatic heterocycles. The van der Waals surface area contributed by atoms with Crippen molar-refractivity contribution in [3.8, 4) is 0 Å². The Hall–Kier alpha value is -0.610. The van der Waals surface area contributed by atoms with Gasteiger partial charge in [0, 0.05) is 18.9 Å². The fourth-order valence-corrected chi connectivity index (χ4v) is 1.32. The molecule has 4 nitrogen and oxygen atoms in total. The van der Waals surface area contributed by atoms with Gasteiger partial charge in [-0.05, 0) is 13.3 Å². The molecule has 0 radical (unpaired) electrons. The maximum absolute atomic E-state index is 5.56. The van der Waals surface area contributed by atoms with Crippen molar-refractivity contribution in [2.75, 3.05) is 12.5 Å². The highest BCUT2D eigenvalue weighted by molar-refractivity contribution is 6.17. The van der Waals surface area contributed by atoms with Gasteiger partial charge in [-0.15, -0.1) is 11.6 Å². The van der Waals surface area contributed by atoms with Crippen LogP contribution in [0, 0.1) is 0 Å². The number of hydrogen-bond acceptors (Lipinski definition) is 4. The van der Waals surface area contributed by atoms with Crippen LogP contribution in [0.4, 0.5) is 0 Å². The molecule has 14 heavy (non-hydrogen) atoms. The highest BCUT2D eigenvalue weighted by atomic mass is 35.5. The second-order valence-corrected chi connectivity index (χ2v) is 3.22. The predicted octanol–water partition coefficient (Wildman–Crippen LogP) is 2.34. The lowest BCUT2D eigenvalue weighted by Crippen LogP contribution is -2.05. The van der Waals surface area contributed by atoms with Crippen LogP contribution < -0.4 is 0 Å². The van der Waals surface area contributed by atoms with Gasteiger partial charge in [0.25, 0.3) is 0 Å². The zero-order chi connectivity index (χ0) is 10.4. The number of ether oxygens (including phenoxy) is 1. The van der Waals surface area contributed by atoms with Crippen molar-refractivity contribution in [3.05, 3.63) is 11.7 Å². The first kappa shape index (κ1) is 11.5. The van der Waals surface area contributed by atoms with E-state index in [0.29, 0.717) is 30.6 Å². The Labute approximate surface area is 88.6 Å². The quantitative estimate of drug-likeness (QED) is 0.688. The van der Waals surface area contributed by atoms with Crippen LogP contribution in [0.2, 0.25) is 0 Å². The molecule has 0 spiro atoms. The van der Waals surface area contributed by atoms with Gasteiger partial charge in [-0.1, -0.05) is 12.1 Å². The molecule has 0 saturated carbocycles. The maximum atomic E-state index is 5.56. The molecule has 0 N–H and O–H groups in total. The summed E-state index contributed by atoms with van der Waals surface area (Å²) < 4.78 is 10.5. The SMILES string of the molecule is CCOC(CC)c1noc(CCCl)n1. The van der Waals surface area contributed by atoms with Crippen molar-refractivity contribution in [2.24, 2.45) is 0 Å². The molecule has 0 aromatic carbocycles. The molecule has 1 rings (SSSR count). The van der Waals surface area contributed by atoms with E-state index in [1.807, 2.05) is 13.8 Å². The Kier molecular flexibility index (Phi) is 4.90. The summed E-state index contributed by atoms with van der Waals surface area (Å²) in [5.74, 6) is 1.69. The third-order valence-electron chi connectivity index (χ3n) is 1.82. The van der Waals surface area contributed by atoms with E-state index < -0.39 is 0 Å². The summed E-state index contributed by atoms with van der Waals surface area (Å²) in [6.45, 7) is 4.62. The number of aryl methyl sites for hydroxylation is 1. The molecular formula is C9H15ClN2O2. The van der Waals surface area contributed by atoms with Crippen molar-refractivity contribution in [2.45, 2.75) is 32.8 Å². The number of aromatic nitrogens is 2.